The zero-order valence-electron chi connectivity index (χ0n) is 7.37. The molecule has 2 nitrogen and oxygen atoms in total. The van der Waals surface area contributed by atoms with Crippen molar-refractivity contribution in [2.75, 3.05) is 0 Å². The first-order chi connectivity index (χ1) is 6.47. The molecule has 2 unspecified atom stereocenters. The van der Waals surface area contributed by atoms with Gasteiger partial charge in [-0.05, 0) is 6.92 Å². The van der Waals surface area contributed by atoms with Crippen LogP contribution in [0.3, 0.4) is 0 Å². The third-order valence-corrected chi connectivity index (χ3v) is 2.21. The van der Waals surface area contributed by atoms with Gasteiger partial charge >= 0.3 is 18.1 Å². The summed E-state index contributed by atoms with van der Waals surface area (Å²) in [6.07, 6.45) is -6.66. The molecule has 8 heteroatoms. The van der Waals surface area contributed by atoms with Crippen LogP contribution in [0.1, 0.15) is 13.3 Å². The molecule has 88 valence electrons. The highest BCUT2D eigenvalue weighted by Gasteiger charge is 2.68. The second kappa shape index (κ2) is 3.20. The van der Waals surface area contributed by atoms with Gasteiger partial charge in [0.2, 0.25) is 0 Å². The fraction of sp³-hybridized carbons (Fsp3) is 0.857. The van der Waals surface area contributed by atoms with Crippen LogP contribution in [0.15, 0.2) is 0 Å². The number of carbonyl (C=O) groups excluding carboxylic acids is 1. The molecule has 0 aliphatic carbocycles. The first kappa shape index (κ1) is 12.5. The summed E-state index contributed by atoms with van der Waals surface area (Å²) in [5.41, 5.74) is 0. The van der Waals surface area contributed by atoms with Crippen LogP contribution in [0.2, 0.25) is 0 Å². The van der Waals surface area contributed by atoms with Crippen molar-refractivity contribution in [3.63, 3.8) is 0 Å². The van der Waals surface area contributed by atoms with Gasteiger partial charge in [-0.2, -0.15) is 22.0 Å². The zero-order chi connectivity index (χ0) is 12.1. The Balaban J connectivity index is 2.96. The van der Waals surface area contributed by atoms with Crippen LogP contribution < -0.4 is 0 Å². The number of hydrogen-bond donors (Lipinski definition) is 0. The van der Waals surface area contributed by atoms with Crippen LogP contribution in [-0.4, -0.2) is 23.1 Å². The number of rotatable bonds is 1. The molecular weight excluding hydrogens is 247 g/mol. The van der Waals surface area contributed by atoms with Gasteiger partial charge in [0.1, 0.15) is 5.92 Å². The summed E-state index contributed by atoms with van der Waals surface area (Å²) in [6.45, 7) is 1.05. The average molecular weight is 253 g/mol. The Morgan fingerprint density at radius 3 is 2.13 bits per heavy atom. The fourth-order valence-corrected chi connectivity index (χ4v) is 1.47. The Labute approximate surface area is 86.3 Å². The Morgan fingerprint density at radius 2 is 1.87 bits per heavy atom. The molecule has 0 aromatic rings. The summed E-state index contributed by atoms with van der Waals surface area (Å²) in [4.78, 5) is 10.8. The van der Waals surface area contributed by atoms with Crippen molar-refractivity contribution < 1.29 is 31.5 Å². The first-order valence-corrected chi connectivity index (χ1v) is 4.21. The Hall–Kier alpha value is -0.590. The molecule has 1 aliphatic heterocycles. The maximum Gasteiger partial charge on any atom is 0.454 e. The molecule has 2 atom stereocenters. The third kappa shape index (κ3) is 2.16. The van der Waals surface area contributed by atoms with E-state index in [0.29, 0.717) is 0 Å². The van der Waals surface area contributed by atoms with E-state index in [-0.39, 0.29) is 0 Å². The topological polar surface area (TPSA) is 26.3 Å². The maximum atomic E-state index is 12.7. The number of hydrogen-bond acceptors (Lipinski definition) is 2. The van der Waals surface area contributed by atoms with Gasteiger partial charge in [-0.1, -0.05) is 11.6 Å². The molecule has 0 saturated carbocycles. The second-order valence-corrected chi connectivity index (χ2v) is 4.20. The minimum Gasteiger partial charge on any atom is -0.443 e. The van der Waals surface area contributed by atoms with E-state index in [2.05, 4.69) is 4.74 Å². The van der Waals surface area contributed by atoms with Gasteiger partial charge in [0.05, 0.1) is 0 Å². The summed E-state index contributed by atoms with van der Waals surface area (Å²) in [5.74, 6) is -9.31. The maximum absolute atomic E-state index is 12.7. The molecule has 0 N–H and O–H groups in total. The van der Waals surface area contributed by atoms with Gasteiger partial charge < -0.3 is 4.74 Å². The average Bonchev–Trinajstić information content (AvgIpc) is 2.22. The van der Waals surface area contributed by atoms with Crippen molar-refractivity contribution in [3.05, 3.63) is 0 Å². The molecule has 1 aliphatic rings. The van der Waals surface area contributed by atoms with Gasteiger partial charge in [0, 0.05) is 6.42 Å². The van der Waals surface area contributed by atoms with E-state index < -0.39 is 35.5 Å². The van der Waals surface area contributed by atoms with Gasteiger partial charge in [-0.15, -0.1) is 0 Å². The van der Waals surface area contributed by atoms with E-state index in [1.807, 2.05) is 0 Å². The Morgan fingerprint density at radius 1 is 1.40 bits per heavy atom. The van der Waals surface area contributed by atoms with E-state index >= 15 is 0 Å². The van der Waals surface area contributed by atoms with Crippen molar-refractivity contribution in [3.8, 4) is 0 Å². The van der Waals surface area contributed by atoms with Crippen LogP contribution in [0.5, 0.6) is 0 Å². The lowest BCUT2D eigenvalue weighted by molar-refractivity contribution is -0.298. The molecule has 15 heavy (non-hydrogen) atoms. The molecule has 1 fully saturated rings. The normalized spacial score (nSPS) is 33.0. The number of cyclic esters (lactones) is 1. The summed E-state index contributed by atoms with van der Waals surface area (Å²) >= 11 is 5.37. The number of esters is 1. The molecule has 0 amide bonds. The molecule has 1 saturated heterocycles. The van der Waals surface area contributed by atoms with E-state index in [1.54, 1.807) is 0 Å². The van der Waals surface area contributed by atoms with Gasteiger partial charge in [0.25, 0.3) is 0 Å². The van der Waals surface area contributed by atoms with Crippen molar-refractivity contribution in [2.24, 2.45) is 5.92 Å². The monoisotopic (exact) mass is 252 g/mol. The quantitative estimate of drug-likeness (QED) is 0.407. The molecule has 1 rings (SSSR count). The highest BCUT2D eigenvalue weighted by Crippen LogP contribution is 2.49. The number of carbonyl (C=O) groups is 1. The lowest BCUT2D eigenvalue weighted by Crippen LogP contribution is -2.45. The van der Waals surface area contributed by atoms with Crippen LogP contribution in [0.4, 0.5) is 22.0 Å². The minimum absolute atomic E-state index is 0.875. The smallest absolute Gasteiger partial charge is 0.443 e. The van der Waals surface area contributed by atoms with E-state index in [1.165, 1.54) is 0 Å². The number of alkyl halides is 6. The minimum atomic E-state index is -5.78. The summed E-state index contributed by atoms with van der Waals surface area (Å²) < 4.78 is 65.4. The van der Waals surface area contributed by atoms with Crippen molar-refractivity contribution in [1.82, 2.24) is 0 Å². The van der Waals surface area contributed by atoms with Crippen LogP contribution >= 0.6 is 11.6 Å². The summed E-state index contributed by atoms with van der Waals surface area (Å²) in [5, 5.41) is -1.80. The van der Waals surface area contributed by atoms with Crippen molar-refractivity contribution >= 4 is 17.6 Å². The van der Waals surface area contributed by atoms with Crippen molar-refractivity contribution in [1.29, 1.82) is 0 Å². The van der Waals surface area contributed by atoms with E-state index in [4.69, 9.17) is 11.6 Å². The molecule has 0 aromatic carbocycles. The van der Waals surface area contributed by atoms with Gasteiger partial charge in [0.15, 0.2) is 5.06 Å². The second-order valence-electron chi connectivity index (χ2n) is 3.40. The lowest BCUT2D eigenvalue weighted by Gasteiger charge is -2.22. The van der Waals surface area contributed by atoms with Crippen LogP contribution in [-0.2, 0) is 9.53 Å². The molecule has 0 bridgehead atoms. The standard InChI is InChI=1S/C7H6ClF5O2/c1-5(8)2-3(4(14)15-5)6(9,10)7(11,12)13/h3H,2H2,1H3. The largest absolute Gasteiger partial charge is 0.454 e. The molecule has 0 spiro atoms. The molecule has 0 aromatic heterocycles. The van der Waals surface area contributed by atoms with Gasteiger partial charge in [-0.3, -0.25) is 4.79 Å². The Kier molecular flexibility index (Phi) is 2.66. The van der Waals surface area contributed by atoms with E-state index in [9.17, 15) is 26.7 Å². The number of ether oxygens (including phenoxy) is 1. The van der Waals surface area contributed by atoms with Crippen LogP contribution in [0.25, 0.3) is 0 Å². The zero-order valence-corrected chi connectivity index (χ0v) is 8.12. The summed E-state index contributed by atoms with van der Waals surface area (Å²) in [6, 6.07) is 0. The lowest BCUT2D eigenvalue weighted by atomic mass is 9.97. The molecule has 1 heterocycles. The van der Waals surface area contributed by atoms with Crippen LogP contribution in [0, 0.1) is 5.92 Å². The first-order valence-electron chi connectivity index (χ1n) is 3.84. The highest BCUT2D eigenvalue weighted by molar-refractivity contribution is 6.24. The van der Waals surface area contributed by atoms with E-state index in [0.717, 1.165) is 6.92 Å². The Bertz CT molecular complexity index is 286. The summed E-state index contributed by atoms with van der Waals surface area (Å²) in [7, 11) is 0. The SMILES string of the molecule is CC1(Cl)CC(C(F)(F)C(F)(F)F)C(=O)O1. The predicted molar refractivity (Wildman–Crippen MR) is 39.5 cm³/mol. The van der Waals surface area contributed by atoms with Gasteiger partial charge in [-0.25, -0.2) is 0 Å². The molecule has 0 radical (unpaired) electrons. The highest BCUT2D eigenvalue weighted by atomic mass is 35.5. The fourth-order valence-electron chi connectivity index (χ4n) is 1.24. The molecular formula is C7H6ClF5O2. The predicted octanol–water partition coefficient (Wildman–Crippen LogP) is 2.70. The number of halogens is 6. The van der Waals surface area contributed by atoms with Crippen molar-refractivity contribution in [2.45, 2.75) is 30.5 Å². The third-order valence-electron chi connectivity index (χ3n) is 1.98.